The Labute approximate surface area is 190 Å². The van der Waals surface area contributed by atoms with Gasteiger partial charge in [0.15, 0.2) is 28.9 Å². The summed E-state index contributed by atoms with van der Waals surface area (Å²) in [5.74, 6) is -11.5. The van der Waals surface area contributed by atoms with Gasteiger partial charge in [-0.3, -0.25) is 9.59 Å². The highest BCUT2D eigenvalue weighted by Gasteiger charge is 2.50. The molecule has 0 aliphatic rings. The van der Waals surface area contributed by atoms with Gasteiger partial charge < -0.3 is 13.9 Å². The maximum Gasteiger partial charge on any atom is 0.455 e. The summed E-state index contributed by atoms with van der Waals surface area (Å²) in [6.45, 7) is 0. The van der Waals surface area contributed by atoms with Crippen LogP contribution in [0.4, 0.5) is 35.1 Å². The molecule has 13 heteroatoms. The van der Waals surface area contributed by atoms with E-state index in [9.17, 15) is 44.7 Å². The summed E-state index contributed by atoms with van der Waals surface area (Å²) in [7, 11) is 2.11. The fourth-order valence-corrected chi connectivity index (χ4v) is 3.17. The smallest absolute Gasteiger partial charge is 0.455 e. The maximum atomic E-state index is 14.2. The van der Waals surface area contributed by atoms with Gasteiger partial charge in [0.1, 0.15) is 5.76 Å². The van der Waals surface area contributed by atoms with Crippen LogP contribution < -0.4 is 9.47 Å². The van der Waals surface area contributed by atoms with Crippen LogP contribution >= 0.6 is 0 Å². The third kappa shape index (κ3) is 4.84. The number of carbonyl (C=O) groups excluding carboxylic acids is 2. The number of hydrogen-bond donors (Lipinski definition) is 0. The fourth-order valence-electron chi connectivity index (χ4n) is 3.17. The number of hydrogen-bond acceptors (Lipinski definition) is 5. The van der Waals surface area contributed by atoms with E-state index in [1.807, 2.05) is 0 Å². The van der Waals surface area contributed by atoms with Gasteiger partial charge in [0.05, 0.1) is 25.3 Å². The average Bonchev–Trinajstić information content (AvgIpc) is 3.18. The van der Waals surface area contributed by atoms with Crippen LogP contribution in [0.3, 0.4) is 0 Å². The number of rotatable bonds is 6. The lowest BCUT2D eigenvalue weighted by molar-refractivity contribution is -0.153. The number of carbonyl (C=O) groups is 2. The summed E-state index contributed by atoms with van der Waals surface area (Å²) in [6, 6.07) is 4.21. The summed E-state index contributed by atoms with van der Waals surface area (Å²) in [5.41, 5.74) is -5.18. The maximum absolute atomic E-state index is 14.2. The molecule has 3 aromatic rings. The van der Waals surface area contributed by atoms with Crippen molar-refractivity contribution < 1.29 is 58.6 Å². The van der Waals surface area contributed by atoms with E-state index in [2.05, 4.69) is 13.9 Å². The Morgan fingerprint density at radius 1 is 0.800 bits per heavy atom. The number of alkyl halides is 6. The average molecular weight is 508 g/mol. The van der Waals surface area contributed by atoms with Gasteiger partial charge in [-0.25, -0.2) is 8.78 Å². The molecule has 0 bridgehead atoms. The summed E-state index contributed by atoms with van der Waals surface area (Å²) in [4.78, 5) is 25.2. The Morgan fingerprint density at radius 3 is 1.80 bits per heavy atom. The molecule has 0 radical (unpaired) electrons. The Hall–Kier alpha value is -3.90. The van der Waals surface area contributed by atoms with Crippen molar-refractivity contribution in [1.29, 1.82) is 0 Å². The molecule has 186 valence electrons. The molecule has 0 aliphatic carbocycles. The first-order chi connectivity index (χ1) is 16.2. The van der Waals surface area contributed by atoms with Gasteiger partial charge >= 0.3 is 12.4 Å². The van der Waals surface area contributed by atoms with Crippen LogP contribution in [0.15, 0.2) is 40.8 Å². The normalized spacial score (nSPS) is 11.9. The molecule has 2 aromatic carbocycles. The van der Waals surface area contributed by atoms with Gasteiger partial charge in [0.25, 0.3) is 5.78 Å². The second kappa shape index (κ2) is 9.04. The zero-order valence-corrected chi connectivity index (χ0v) is 17.5. The molecule has 0 aliphatic heterocycles. The third-order valence-electron chi connectivity index (χ3n) is 4.71. The predicted molar refractivity (Wildman–Crippen MR) is 102 cm³/mol. The van der Waals surface area contributed by atoms with Crippen LogP contribution in [0.1, 0.15) is 32.0 Å². The molecule has 3 rings (SSSR count). The van der Waals surface area contributed by atoms with Crippen LogP contribution in [0.25, 0.3) is 11.3 Å². The van der Waals surface area contributed by atoms with Crippen molar-refractivity contribution in [2.24, 2.45) is 0 Å². The molecule has 1 heterocycles. The predicted octanol–water partition coefficient (Wildman–Crippen LogP) is 6.24. The molecule has 0 fully saturated rings. The highest BCUT2D eigenvalue weighted by molar-refractivity contribution is 6.19. The number of halogens is 8. The molecule has 0 unspecified atom stereocenters. The quantitative estimate of drug-likeness (QED) is 0.292. The molecule has 0 amide bonds. The summed E-state index contributed by atoms with van der Waals surface area (Å²) in [5, 5.41) is 0. The van der Waals surface area contributed by atoms with Gasteiger partial charge in [0, 0.05) is 11.1 Å². The first-order valence-corrected chi connectivity index (χ1v) is 9.28. The minimum atomic E-state index is -5.76. The largest absolute Gasteiger partial charge is 0.494 e. The topological polar surface area (TPSA) is 65.7 Å². The van der Waals surface area contributed by atoms with E-state index < -0.39 is 80.8 Å². The number of furan rings is 1. The lowest BCUT2D eigenvalue weighted by Gasteiger charge is -2.10. The minimum Gasteiger partial charge on any atom is -0.494 e. The summed E-state index contributed by atoms with van der Waals surface area (Å²) >= 11 is 0. The van der Waals surface area contributed by atoms with Crippen molar-refractivity contribution in [3.63, 3.8) is 0 Å². The highest BCUT2D eigenvalue weighted by Crippen LogP contribution is 2.44. The van der Waals surface area contributed by atoms with Gasteiger partial charge in [-0.1, -0.05) is 0 Å². The molecule has 0 N–H and O–H groups in total. The van der Waals surface area contributed by atoms with Crippen LogP contribution in [-0.2, 0) is 6.18 Å². The number of benzene rings is 2. The molecule has 0 atom stereocenters. The minimum absolute atomic E-state index is 0.411. The van der Waals surface area contributed by atoms with Gasteiger partial charge in [0.2, 0.25) is 5.76 Å². The Morgan fingerprint density at radius 2 is 1.34 bits per heavy atom. The van der Waals surface area contributed by atoms with E-state index >= 15 is 0 Å². The van der Waals surface area contributed by atoms with E-state index in [4.69, 9.17) is 0 Å². The third-order valence-corrected chi connectivity index (χ3v) is 4.71. The second-order valence-electron chi connectivity index (χ2n) is 6.86. The Balaban J connectivity index is 2.39. The SMILES string of the molecule is COc1ccc(C(=O)c2c(C(F)(F)F)oc(-c3ccc(OC)c(F)c3)c2C(=O)C(F)(F)F)cc1F. The molecular weight excluding hydrogens is 496 g/mol. The zero-order chi connectivity index (χ0) is 26.3. The summed E-state index contributed by atoms with van der Waals surface area (Å²) < 4.78 is 124. The lowest BCUT2D eigenvalue weighted by Crippen LogP contribution is -2.26. The van der Waals surface area contributed by atoms with Crippen molar-refractivity contribution in [3.05, 3.63) is 70.5 Å². The molecule has 0 saturated carbocycles. The fraction of sp³-hybridized carbons (Fsp3) is 0.182. The van der Waals surface area contributed by atoms with Crippen LogP contribution in [-0.4, -0.2) is 32.0 Å². The highest BCUT2D eigenvalue weighted by atomic mass is 19.4. The van der Waals surface area contributed by atoms with Crippen molar-refractivity contribution in [1.82, 2.24) is 0 Å². The Bertz CT molecular complexity index is 1300. The van der Waals surface area contributed by atoms with Gasteiger partial charge in [-0.2, -0.15) is 26.3 Å². The van der Waals surface area contributed by atoms with E-state index in [1.54, 1.807) is 0 Å². The van der Waals surface area contributed by atoms with Crippen molar-refractivity contribution in [2.75, 3.05) is 14.2 Å². The van der Waals surface area contributed by atoms with Gasteiger partial charge in [-0.15, -0.1) is 0 Å². The molecular formula is C22H12F8O5. The molecule has 5 nitrogen and oxygen atoms in total. The van der Waals surface area contributed by atoms with E-state index in [-0.39, 0.29) is 0 Å². The standard InChI is InChI=1S/C22H12F8O5/c1-33-13-5-3-9(7-11(13)23)17(31)15-16(19(32)21(25,26)27)18(35-20(15)22(28,29)30)10-4-6-14(34-2)12(24)8-10/h3-8H,1-2H3. The van der Waals surface area contributed by atoms with E-state index in [0.29, 0.717) is 12.1 Å². The van der Waals surface area contributed by atoms with Gasteiger partial charge in [-0.05, 0) is 36.4 Å². The zero-order valence-electron chi connectivity index (χ0n) is 17.5. The van der Waals surface area contributed by atoms with Crippen LogP contribution in [0, 0.1) is 11.6 Å². The molecule has 35 heavy (non-hydrogen) atoms. The van der Waals surface area contributed by atoms with Crippen molar-refractivity contribution >= 4 is 11.6 Å². The number of methoxy groups -OCH3 is 2. The Kier molecular flexibility index (Phi) is 6.64. The monoisotopic (exact) mass is 508 g/mol. The lowest BCUT2D eigenvalue weighted by atomic mass is 9.93. The molecule has 1 aromatic heterocycles. The summed E-state index contributed by atoms with van der Waals surface area (Å²) in [6.07, 6.45) is -11.3. The van der Waals surface area contributed by atoms with Crippen LogP contribution in [0.2, 0.25) is 0 Å². The number of Topliss-reactive ketones (excluding diaryl/α,β-unsaturated/α-hetero) is 1. The number of ketones is 2. The molecule has 0 spiro atoms. The van der Waals surface area contributed by atoms with Crippen LogP contribution in [0.5, 0.6) is 11.5 Å². The second-order valence-corrected chi connectivity index (χ2v) is 6.86. The van der Waals surface area contributed by atoms with E-state index in [1.165, 1.54) is 0 Å². The van der Waals surface area contributed by atoms with Crippen molar-refractivity contribution in [2.45, 2.75) is 12.4 Å². The van der Waals surface area contributed by atoms with Crippen molar-refractivity contribution in [3.8, 4) is 22.8 Å². The number of ether oxygens (including phenoxy) is 2. The van der Waals surface area contributed by atoms with E-state index in [0.717, 1.165) is 38.5 Å². The molecule has 0 saturated heterocycles. The first kappa shape index (κ1) is 25.7. The first-order valence-electron chi connectivity index (χ1n) is 9.28.